The zero-order valence-corrected chi connectivity index (χ0v) is 16.6. The van der Waals surface area contributed by atoms with Crippen LogP contribution in [0.1, 0.15) is 20.3 Å². The van der Waals surface area contributed by atoms with Crippen molar-refractivity contribution < 1.29 is 28.1 Å². The molecule has 0 aromatic rings. The van der Waals surface area contributed by atoms with Crippen LogP contribution in [0.3, 0.4) is 0 Å². The smallest absolute Gasteiger partial charge is 0.319 e. The lowest BCUT2D eigenvalue weighted by molar-refractivity contribution is -0.146. The topological polar surface area (TPSA) is 71.1 Å². The van der Waals surface area contributed by atoms with Gasteiger partial charge < -0.3 is 18.5 Å². The van der Waals surface area contributed by atoms with Crippen molar-refractivity contribution in [1.29, 1.82) is 0 Å². The lowest BCUT2D eigenvalue weighted by atomic mass is 10.3. The van der Waals surface area contributed by atoms with Crippen molar-refractivity contribution in [2.45, 2.75) is 25.5 Å². The molecule has 130 valence electrons. The molecule has 0 rings (SSSR count). The molecular formula is C12H23O6PS3. The first kappa shape index (κ1) is 22.2. The SMILES string of the molecule is CCOP(=S)(OCC)SCCSC(CC(=O)OC)C(=O)OC. The molecule has 22 heavy (non-hydrogen) atoms. The van der Waals surface area contributed by atoms with Gasteiger partial charge in [0.15, 0.2) is 0 Å². The largest absolute Gasteiger partial charge is 0.469 e. The van der Waals surface area contributed by atoms with E-state index in [1.54, 1.807) is 0 Å². The van der Waals surface area contributed by atoms with Gasteiger partial charge in [-0.25, -0.2) is 0 Å². The average Bonchev–Trinajstić information content (AvgIpc) is 2.49. The molecule has 0 heterocycles. The standard InChI is InChI=1S/C12H23O6PS3/c1-5-17-19(20,18-6-2)22-8-7-21-10(12(14)16-4)9-11(13)15-3/h10H,5-9H2,1-4H3. The summed E-state index contributed by atoms with van der Waals surface area (Å²) < 4.78 is 20.3. The third-order valence-corrected chi connectivity index (χ3v) is 9.29. The number of carbonyl (C=O) groups is 2. The summed E-state index contributed by atoms with van der Waals surface area (Å²) >= 11 is 8.19. The van der Waals surface area contributed by atoms with Crippen molar-refractivity contribution in [2.24, 2.45) is 0 Å². The molecule has 10 heteroatoms. The van der Waals surface area contributed by atoms with E-state index in [0.717, 1.165) is 0 Å². The summed E-state index contributed by atoms with van der Waals surface area (Å²) in [5.74, 6) is 0.412. The molecule has 0 aliphatic carbocycles. The number of methoxy groups -OCH3 is 2. The number of rotatable bonds is 12. The molecule has 1 atom stereocenters. The van der Waals surface area contributed by atoms with Crippen LogP contribution in [0.5, 0.6) is 0 Å². The number of ether oxygens (including phenoxy) is 2. The number of carbonyl (C=O) groups excluding carboxylic acids is 2. The lowest BCUT2D eigenvalue weighted by Gasteiger charge is -2.20. The van der Waals surface area contributed by atoms with Gasteiger partial charge >= 0.3 is 11.9 Å². The highest BCUT2D eigenvalue weighted by Gasteiger charge is 2.24. The molecule has 0 radical (unpaired) electrons. The Balaban J connectivity index is 4.34. The highest BCUT2D eigenvalue weighted by atomic mass is 32.9. The summed E-state index contributed by atoms with van der Waals surface area (Å²) in [6.45, 7) is 4.76. The normalized spacial score (nSPS) is 12.7. The fraction of sp³-hybridized carbons (Fsp3) is 0.833. The molecule has 0 amide bonds. The van der Waals surface area contributed by atoms with Gasteiger partial charge in [0.25, 0.3) is 0 Å². The van der Waals surface area contributed by atoms with Crippen LogP contribution in [-0.2, 0) is 39.9 Å². The molecule has 1 unspecified atom stereocenters. The molecule has 0 aliphatic heterocycles. The monoisotopic (exact) mass is 390 g/mol. The average molecular weight is 390 g/mol. The Labute approximate surface area is 145 Å². The van der Waals surface area contributed by atoms with Crippen LogP contribution < -0.4 is 0 Å². The Kier molecular flexibility index (Phi) is 12.7. The van der Waals surface area contributed by atoms with Crippen LogP contribution in [0.4, 0.5) is 0 Å². The summed E-state index contributed by atoms with van der Waals surface area (Å²) in [6.07, 6.45) is -0.0103. The van der Waals surface area contributed by atoms with E-state index in [4.69, 9.17) is 25.6 Å². The van der Waals surface area contributed by atoms with E-state index in [2.05, 4.69) is 4.74 Å². The van der Waals surface area contributed by atoms with E-state index in [9.17, 15) is 9.59 Å². The van der Waals surface area contributed by atoms with Gasteiger partial charge in [-0.15, -0.1) is 11.8 Å². The first-order chi connectivity index (χ1) is 10.4. The summed E-state index contributed by atoms with van der Waals surface area (Å²) in [4.78, 5) is 22.9. The van der Waals surface area contributed by atoms with E-state index in [-0.39, 0.29) is 6.42 Å². The molecule has 0 aromatic heterocycles. The van der Waals surface area contributed by atoms with Crippen molar-refractivity contribution in [2.75, 3.05) is 38.9 Å². The van der Waals surface area contributed by atoms with Crippen molar-refractivity contribution in [3.63, 3.8) is 0 Å². The van der Waals surface area contributed by atoms with Crippen LogP contribution in [0.2, 0.25) is 0 Å². The number of hydrogen-bond acceptors (Lipinski definition) is 9. The van der Waals surface area contributed by atoms with Crippen LogP contribution in [0.25, 0.3) is 0 Å². The third kappa shape index (κ3) is 9.37. The molecule has 0 spiro atoms. The van der Waals surface area contributed by atoms with Crippen LogP contribution >= 0.6 is 28.8 Å². The van der Waals surface area contributed by atoms with Gasteiger partial charge in [0.2, 0.25) is 5.69 Å². The first-order valence-electron chi connectivity index (χ1n) is 6.72. The maximum absolute atomic E-state index is 11.6. The Morgan fingerprint density at radius 2 is 1.68 bits per heavy atom. The molecule has 0 aliphatic rings. The van der Waals surface area contributed by atoms with E-state index >= 15 is 0 Å². The minimum atomic E-state index is -2.31. The molecule has 0 bridgehead atoms. The van der Waals surface area contributed by atoms with Gasteiger partial charge in [0.1, 0.15) is 5.25 Å². The minimum absolute atomic E-state index is 0.0103. The van der Waals surface area contributed by atoms with Gasteiger partial charge in [-0.3, -0.25) is 9.59 Å². The second kappa shape index (κ2) is 12.6. The molecule has 6 nitrogen and oxygen atoms in total. The predicted molar refractivity (Wildman–Crippen MR) is 94.9 cm³/mol. The fourth-order valence-corrected chi connectivity index (χ4v) is 7.60. The highest BCUT2D eigenvalue weighted by molar-refractivity contribution is 8.68. The summed E-state index contributed by atoms with van der Waals surface area (Å²) in [6, 6.07) is 0. The Morgan fingerprint density at radius 3 is 2.14 bits per heavy atom. The molecule has 0 aromatic carbocycles. The molecular weight excluding hydrogens is 367 g/mol. The maximum atomic E-state index is 11.6. The number of hydrogen-bond donors (Lipinski definition) is 0. The zero-order valence-electron chi connectivity index (χ0n) is 13.2. The van der Waals surface area contributed by atoms with Gasteiger partial charge in [0, 0.05) is 11.5 Å². The first-order valence-corrected chi connectivity index (χ1v) is 12.0. The van der Waals surface area contributed by atoms with Crippen LogP contribution in [0, 0.1) is 0 Å². The van der Waals surface area contributed by atoms with Crippen molar-refractivity contribution in [3.05, 3.63) is 0 Å². The van der Waals surface area contributed by atoms with E-state index in [1.807, 2.05) is 13.8 Å². The molecule has 0 N–H and O–H groups in total. The quantitative estimate of drug-likeness (QED) is 0.284. The minimum Gasteiger partial charge on any atom is -0.469 e. The van der Waals surface area contributed by atoms with Crippen LogP contribution in [-0.4, -0.2) is 56.1 Å². The molecule has 0 saturated heterocycles. The summed E-state index contributed by atoms with van der Waals surface area (Å²) in [5.41, 5.74) is -2.31. The van der Waals surface area contributed by atoms with Crippen molar-refractivity contribution in [3.8, 4) is 0 Å². The van der Waals surface area contributed by atoms with Gasteiger partial charge in [0.05, 0.1) is 33.9 Å². The van der Waals surface area contributed by atoms with Crippen molar-refractivity contribution in [1.82, 2.24) is 0 Å². The highest BCUT2D eigenvalue weighted by Crippen LogP contribution is 2.60. The molecule has 0 fully saturated rings. The second-order valence-electron chi connectivity index (χ2n) is 3.78. The van der Waals surface area contributed by atoms with Gasteiger partial charge in [-0.2, -0.15) is 0 Å². The zero-order chi connectivity index (χ0) is 17.0. The van der Waals surface area contributed by atoms with E-state index in [0.29, 0.717) is 24.7 Å². The fourth-order valence-electron chi connectivity index (χ4n) is 1.34. The van der Waals surface area contributed by atoms with Crippen LogP contribution in [0.15, 0.2) is 0 Å². The van der Waals surface area contributed by atoms with Gasteiger partial charge in [-0.05, 0) is 25.7 Å². The predicted octanol–water partition coefficient (Wildman–Crippen LogP) is 2.86. The lowest BCUT2D eigenvalue weighted by Crippen LogP contribution is -2.23. The number of thioether (sulfide) groups is 1. The molecule has 0 saturated carbocycles. The second-order valence-corrected chi connectivity index (χ2v) is 11.5. The van der Waals surface area contributed by atoms with E-state index < -0.39 is 22.9 Å². The van der Waals surface area contributed by atoms with Gasteiger partial charge in [-0.1, -0.05) is 11.4 Å². The Morgan fingerprint density at radius 1 is 1.09 bits per heavy atom. The van der Waals surface area contributed by atoms with Crippen molar-refractivity contribution >= 4 is 52.6 Å². The Bertz CT molecular complexity index is 383. The Hall–Kier alpha value is 0.210. The summed E-state index contributed by atoms with van der Waals surface area (Å²) in [7, 11) is 2.59. The number of esters is 2. The summed E-state index contributed by atoms with van der Waals surface area (Å²) in [5, 5.41) is -0.574. The van der Waals surface area contributed by atoms with E-state index in [1.165, 1.54) is 37.4 Å². The maximum Gasteiger partial charge on any atom is 0.319 e. The third-order valence-electron chi connectivity index (χ3n) is 2.27.